The summed E-state index contributed by atoms with van der Waals surface area (Å²) in [5.41, 5.74) is 2.59. The van der Waals surface area contributed by atoms with Gasteiger partial charge in [0, 0.05) is 13.5 Å². The third kappa shape index (κ3) is 6.16. The monoisotopic (exact) mass is 171 g/mol. The van der Waals surface area contributed by atoms with E-state index in [-0.39, 0.29) is 0 Å². The highest BCUT2D eigenvalue weighted by Gasteiger charge is 1.94. The zero-order chi connectivity index (χ0) is 9.23. The van der Waals surface area contributed by atoms with Crippen molar-refractivity contribution in [3.05, 3.63) is 0 Å². The van der Waals surface area contributed by atoms with Gasteiger partial charge in [-0.3, -0.25) is 4.99 Å². The Kier molecular flexibility index (Phi) is 8.12. The Morgan fingerprint density at radius 3 is 2.42 bits per heavy atom. The fourth-order valence-corrected chi connectivity index (χ4v) is 1.14. The molecule has 0 saturated heterocycles. The van der Waals surface area contributed by atoms with E-state index in [4.69, 9.17) is 5.84 Å². The predicted molar refractivity (Wildman–Crippen MR) is 54.1 cm³/mol. The van der Waals surface area contributed by atoms with E-state index in [1.165, 1.54) is 32.1 Å². The fourth-order valence-electron chi connectivity index (χ4n) is 1.14. The molecule has 0 bridgehead atoms. The molecule has 0 aliphatic heterocycles. The minimum absolute atomic E-state index is 0.909. The molecule has 0 atom stereocenters. The first-order chi connectivity index (χ1) is 5.85. The number of unbranched alkanes of at least 4 members (excludes halogenated alkanes) is 4. The quantitative estimate of drug-likeness (QED) is 0.211. The van der Waals surface area contributed by atoms with Crippen LogP contribution in [0.15, 0.2) is 4.99 Å². The van der Waals surface area contributed by atoms with Crippen LogP contribution in [-0.4, -0.2) is 12.9 Å². The molecule has 0 fully saturated rings. The van der Waals surface area contributed by atoms with Gasteiger partial charge in [-0.15, -0.1) is 0 Å². The summed E-state index contributed by atoms with van der Waals surface area (Å²) in [5, 5.41) is 0. The van der Waals surface area contributed by atoms with Gasteiger partial charge in [0.15, 0.2) is 0 Å². The summed E-state index contributed by atoms with van der Waals surface area (Å²) < 4.78 is 0. The van der Waals surface area contributed by atoms with Gasteiger partial charge in [-0.05, 0) is 6.42 Å². The normalized spacial score (nSPS) is 11.8. The summed E-state index contributed by atoms with van der Waals surface area (Å²) in [6.45, 7) is 2.22. The van der Waals surface area contributed by atoms with Crippen LogP contribution in [0.5, 0.6) is 0 Å². The minimum Gasteiger partial charge on any atom is -0.312 e. The molecular weight excluding hydrogens is 150 g/mol. The summed E-state index contributed by atoms with van der Waals surface area (Å²) in [6.07, 6.45) is 7.43. The molecular formula is C9H21N3. The van der Waals surface area contributed by atoms with E-state index in [1.54, 1.807) is 7.05 Å². The molecule has 0 heterocycles. The Hall–Kier alpha value is -0.570. The smallest absolute Gasteiger partial charge is 0.110 e. The Morgan fingerprint density at radius 2 is 1.92 bits per heavy atom. The highest BCUT2D eigenvalue weighted by Crippen LogP contribution is 2.04. The van der Waals surface area contributed by atoms with Crippen molar-refractivity contribution in [1.29, 1.82) is 0 Å². The van der Waals surface area contributed by atoms with Crippen LogP contribution in [0.2, 0.25) is 0 Å². The van der Waals surface area contributed by atoms with Crippen molar-refractivity contribution in [3.8, 4) is 0 Å². The molecule has 3 nitrogen and oxygen atoms in total. The molecule has 3 N–H and O–H groups in total. The molecule has 0 amide bonds. The van der Waals surface area contributed by atoms with Crippen molar-refractivity contribution in [3.63, 3.8) is 0 Å². The van der Waals surface area contributed by atoms with Crippen LogP contribution in [-0.2, 0) is 0 Å². The molecule has 0 aromatic heterocycles. The highest BCUT2D eigenvalue weighted by molar-refractivity contribution is 5.81. The van der Waals surface area contributed by atoms with Gasteiger partial charge in [-0.1, -0.05) is 32.6 Å². The molecule has 0 aromatic rings. The maximum Gasteiger partial charge on any atom is 0.110 e. The number of amidine groups is 1. The van der Waals surface area contributed by atoms with E-state index in [1.807, 2.05) is 0 Å². The van der Waals surface area contributed by atoms with Crippen molar-refractivity contribution in [2.75, 3.05) is 7.05 Å². The van der Waals surface area contributed by atoms with Gasteiger partial charge in [0.05, 0.1) is 0 Å². The van der Waals surface area contributed by atoms with Crippen molar-refractivity contribution in [2.24, 2.45) is 10.8 Å². The maximum absolute atomic E-state index is 5.24. The van der Waals surface area contributed by atoms with E-state index in [2.05, 4.69) is 17.3 Å². The number of nitrogens with zero attached hydrogens (tertiary/aromatic N) is 1. The first kappa shape index (κ1) is 11.4. The molecule has 0 spiro atoms. The third-order valence-electron chi connectivity index (χ3n) is 1.95. The second kappa shape index (κ2) is 8.53. The average molecular weight is 171 g/mol. The maximum atomic E-state index is 5.24. The van der Waals surface area contributed by atoms with Gasteiger partial charge in [-0.2, -0.15) is 0 Å². The minimum atomic E-state index is 0.909. The van der Waals surface area contributed by atoms with Crippen LogP contribution < -0.4 is 11.3 Å². The van der Waals surface area contributed by atoms with Gasteiger partial charge in [0.25, 0.3) is 0 Å². The molecule has 0 aliphatic rings. The van der Waals surface area contributed by atoms with E-state index in [0.717, 1.165) is 12.3 Å². The Labute approximate surface area is 75.4 Å². The number of hydrogen-bond acceptors (Lipinski definition) is 2. The molecule has 0 unspecified atom stereocenters. The lowest BCUT2D eigenvalue weighted by molar-refractivity contribution is 0.639. The zero-order valence-electron chi connectivity index (χ0n) is 8.27. The second-order valence-corrected chi connectivity index (χ2v) is 2.98. The zero-order valence-corrected chi connectivity index (χ0v) is 8.27. The predicted octanol–water partition coefficient (Wildman–Crippen LogP) is 1.84. The number of hydrogen-bond donors (Lipinski definition) is 2. The number of nitrogens with one attached hydrogen (secondary N) is 1. The van der Waals surface area contributed by atoms with Crippen LogP contribution in [0.4, 0.5) is 0 Å². The van der Waals surface area contributed by atoms with Gasteiger partial charge in [-0.25, -0.2) is 5.84 Å². The second-order valence-electron chi connectivity index (χ2n) is 2.98. The molecule has 3 heteroatoms. The number of nitrogens with two attached hydrogens (primary N) is 1. The first-order valence-corrected chi connectivity index (χ1v) is 4.77. The first-order valence-electron chi connectivity index (χ1n) is 4.77. The molecule has 0 rings (SSSR count). The van der Waals surface area contributed by atoms with Gasteiger partial charge >= 0.3 is 0 Å². The number of aliphatic imine (C=N–C) groups is 1. The summed E-state index contributed by atoms with van der Waals surface area (Å²) in [7, 11) is 1.77. The Bertz CT molecular complexity index is 121. The Morgan fingerprint density at radius 1 is 1.25 bits per heavy atom. The topological polar surface area (TPSA) is 50.4 Å². The van der Waals surface area contributed by atoms with E-state index < -0.39 is 0 Å². The van der Waals surface area contributed by atoms with E-state index in [0.29, 0.717) is 0 Å². The lowest BCUT2D eigenvalue weighted by Gasteiger charge is -2.03. The highest BCUT2D eigenvalue weighted by atomic mass is 15.2. The summed E-state index contributed by atoms with van der Waals surface area (Å²) >= 11 is 0. The molecule has 72 valence electrons. The van der Waals surface area contributed by atoms with Crippen LogP contribution >= 0.6 is 0 Å². The van der Waals surface area contributed by atoms with Crippen molar-refractivity contribution >= 4 is 5.84 Å². The third-order valence-corrected chi connectivity index (χ3v) is 1.95. The average Bonchev–Trinajstić information content (AvgIpc) is 2.11. The molecule has 0 aromatic carbocycles. The van der Waals surface area contributed by atoms with Crippen LogP contribution in [0.25, 0.3) is 0 Å². The summed E-state index contributed by atoms with van der Waals surface area (Å²) in [4.78, 5) is 4.00. The largest absolute Gasteiger partial charge is 0.312 e. The lowest BCUT2D eigenvalue weighted by atomic mass is 10.1. The lowest BCUT2D eigenvalue weighted by Crippen LogP contribution is -2.29. The Balaban J connectivity index is 3.18. The summed E-state index contributed by atoms with van der Waals surface area (Å²) in [5.74, 6) is 6.15. The number of hydrazine groups is 1. The fraction of sp³-hybridized carbons (Fsp3) is 0.889. The standard InChI is InChI=1S/C9H21N3/c1-3-4-5-6-7-8-9(11-2)12-10/h3-8,10H2,1-2H3,(H,11,12). The molecule has 0 aliphatic carbocycles. The molecule has 0 saturated carbocycles. The number of rotatable bonds is 6. The summed E-state index contributed by atoms with van der Waals surface area (Å²) in [6, 6.07) is 0. The van der Waals surface area contributed by atoms with Gasteiger partial charge in [0.1, 0.15) is 5.84 Å². The van der Waals surface area contributed by atoms with Crippen molar-refractivity contribution in [1.82, 2.24) is 5.43 Å². The van der Waals surface area contributed by atoms with E-state index >= 15 is 0 Å². The van der Waals surface area contributed by atoms with Gasteiger partial charge < -0.3 is 5.43 Å². The van der Waals surface area contributed by atoms with Crippen LogP contribution in [0.1, 0.15) is 45.4 Å². The van der Waals surface area contributed by atoms with Gasteiger partial charge in [0.2, 0.25) is 0 Å². The SMILES string of the molecule is CCCCCCCC(=NC)NN. The van der Waals surface area contributed by atoms with Crippen LogP contribution in [0, 0.1) is 0 Å². The van der Waals surface area contributed by atoms with Crippen molar-refractivity contribution in [2.45, 2.75) is 45.4 Å². The molecule has 12 heavy (non-hydrogen) atoms. The van der Waals surface area contributed by atoms with Crippen molar-refractivity contribution < 1.29 is 0 Å². The molecule has 0 radical (unpaired) electrons. The van der Waals surface area contributed by atoms with E-state index in [9.17, 15) is 0 Å². The van der Waals surface area contributed by atoms with Crippen LogP contribution in [0.3, 0.4) is 0 Å².